The third-order valence-corrected chi connectivity index (χ3v) is 15.4. The number of aliphatic hydroxyl groups is 1. The third-order valence-electron chi connectivity index (χ3n) is 15.4. The number of aliphatic hydroxyl groups excluding tert-OH is 1. The Morgan fingerprint density at radius 3 is 1.83 bits per heavy atom. The smallest absolute Gasteiger partial charge is 0.407 e. The second kappa shape index (κ2) is 25.0. The maximum absolute atomic E-state index is 16.1. The van der Waals surface area contributed by atoms with Gasteiger partial charge in [-0.3, -0.25) is 19.9 Å². The molecule has 81 heavy (non-hydrogen) atoms. The minimum Gasteiger partial charge on any atom is -0.453 e. The topological polar surface area (TPSA) is 196 Å². The number of nitrogens with one attached hydrogen (secondary N) is 3. The van der Waals surface area contributed by atoms with E-state index in [4.69, 9.17) is 0 Å². The number of ketones is 1. The molecule has 17 nitrogen and oxygen atoms in total. The zero-order chi connectivity index (χ0) is 59.4. The molecule has 2 bridgehead atoms. The van der Waals surface area contributed by atoms with Crippen molar-refractivity contribution < 1.29 is 77.7 Å². The number of methoxy groups -OCH3 is 2. The first-order valence-corrected chi connectivity index (χ1v) is 25.9. The highest BCUT2D eigenvalue weighted by Gasteiger charge is 2.57. The summed E-state index contributed by atoms with van der Waals surface area (Å²) in [6.07, 6.45) is -6.63. The third kappa shape index (κ3) is 14.4. The number of fused-ring (bicyclic) bond motifs is 2. The molecule has 0 spiro atoms. The summed E-state index contributed by atoms with van der Waals surface area (Å²) in [5.41, 5.74) is -4.30. The Morgan fingerprint density at radius 2 is 1.32 bits per heavy atom. The number of amides is 3. The maximum atomic E-state index is 16.1. The molecule has 4 N–H and O–H groups in total. The van der Waals surface area contributed by atoms with Gasteiger partial charge in [-0.25, -0.2) is 38.0 Å². The number of nitrogens with zero attached hydrogens (tertiary/aromatic N) is 7. The summed E-state index contributed by atoms with van der Waals surface area (Å²) in [5.74, 6) is -0.701. The van der Waals surface area contributed by atoms with Crippen LogP contribution in [0.1, 0.15) is 95.0 Å². The summed E-state index contributed by atoms with van der Waals surface area (Å²) < 4.78 is 155. The number of carbonyl (C=O) groups is 4. The molecule has 2 aliphatic heterocycles. The van der Waals surface area contributed by atoms with Gasteiger partial charge >= 0.3 is 31.1 Å². The number of hydrogen-bond acceptors (Lipinski definition) is 13. The zero-order valence-electron chi connectivity index (χ0n) is 45.0. The van der Waals surface area contributed by atoms with Gasteiger partial charge in [0.05, 0.1) is 42.4 Å². The molecular formula is C54H62F10N10O7. The van der Waals surface area contributed by atoms with E-state index in [1.54, 1.807) is 29.8 Å². The summed E-state index contributed by atoms with van der Waals surface area (Å²) in [7, 11) is 1.63. The van der Waals surface area contributed by atoms with Crippen LogP contribution >= 0.6 is 0 Å². The van der Waals surface area contributed by atoms with Gasteiger partial charge in [0.1, 0.15) is 23.7 Å². The van der Waals surface area contributed by atoms with Gasteiger partial charge in [0, 0.05) is 86.0 Å². The molecule has 2 aromatic heterocycles. The number of ether oxygens (including phenoxy) is 2. The lowest BCUT2D eigenvalue weighted by Crippen LogP contribution is -2.62. The van der Waals surface area contributed by atoms with Crippen molar-refractivity contribution in [3.05, 3.63) is 94.9 Å². The molecule has 440 valence electrons. The Labute approximate surface area is 460 Å². The second-order valence-electron chi connectivity index (χ2n) is 21.6. The molecule has 6 atom stereocenters. The van der Waals surface area contributed by atoms with Crippen LogP contribution in [-0.4, -0.2) is 141 Å². The first-order chi connectivity index (χ1) is 38.0. The number of alkyl halides is 8. The van der Waals surface area contributed by atoms with Gasteiger partial charge in [0.2, 0.25) is 5.95 Å². The van der Waals surface area contributed by atoms with Crippen molar-refractivity contribution in [2.24, 2.45) is 16.7 Å². The van der Waals surface area contributed by atoms with Gasteiger partial charge in [0.15, 0.2) is 5.78 Å². The van der Waals surface area contributed by atoms with Gasteiger partial charge in [-0.15, -0.1) is 0 Å². The fourth-order valence-electron chi connectivity index (χ4n) is 10.2. The van der Waals surface area contributed by atoms with E-state index in [1.165, 1.54) is 31.4 Å². The Balaban J connectivity index is 1.18. The standard InChI is InChI=1S/C54H62F10N10O7/c1-51(2,53(59,60)61)44(67-49(78)80-5)42(75)23-34(20-31-13-10-30(11-14-31)12-15-32-24-65-48(66-25-32)71-26-36-16-17-37(27-71)74(36)35-8-7-9-35)43(76)29-72(70-46(77)45(68-50(79)81-6)52(3,4)54(62,63)64)28-38-39(55)21-33(22-40(38)56)41-18-19-73(69-41)47(57)58/h10-11,13-14,18-19,21-22,24-25,34-37,43-45,47,76H,7-9,16-17,20,23,26-29H2,1-6H3,(H,67,78)(H,68,79)(H,70,77)/t34-,36?,37?,43+,44-,45-/m1/s1. The summed E-state index contributed by atoms with van der Waals surface area (Å²) in [6, 6.07) is 5.21. The summed E-state index contributed by atoms with van der Waals surface area (Å²) >= 11 is 0. The molecule has 3 fully saturated rings. The number of halogens is 10. The van der Waals surface area contributed by atoms with Crippen LogP contribution < -0.4 is 21.0 Å². The van der Waals surface area contributed by atoms with Crippen LogP contribution in [0, 0.1) is 40.2 Å². The van der Waals surface area contributed by atoms with Crippen LogP contribution in [0.2, 0.25) is 0 Å². The lowest BCUT2D eigenvalue weighted by Gasteiger charge is -2.48. The van der Waals surface area contributed by atoms with Crippen molar-refractivity contribution in [2.45, 2.75) is 134 Å². The molecule has 2 unspecified atom stereocenters. The van der Waals surface area contributed by atoms with E-state index in [0.29, 0.717) is 85.6 Å². The second-order valence-corrected chi connectivity index (χ2v) is 21.6. The van der Waals surface area contributed by atoms with E-state index in [-0.39, 0.29) is 22.4 Å². The van der Waals surface area contributed by atoms with Crippen LogP contribution in [0.4, 0.5) is 59.4 Å². The van der Waals surface area contributed by atoms with Crippen LogP contribution in [-0.2, 0) is 32.0 Å². The molecule has 27 heteroatoms. The highest BCUT2D eigenvalue weighted by Crippen LogP contribution is 2.43. The fourth-order valence-corrected chi connectivity index (χ4v) is 10.2. The monoisotopic (exact) mass is 1150 g/mol. The maximum Gasteiger partial charge on any atom is 0.407 e. The summed E-state index contributed by atoms with van der Waals surface area (Å²) in [6.45, 7) is -1.27. The van der Waals surface area contributed by atoms with Gasteiger partial charge in [-0.05, 0) is 102 Å². The number of carbonyl (C=O) groups excluding carboxylic acids is 4. The predicted octanol–water partition coefficient (Wildman–Crippen LogP) is 8.26. The Morgan fingerprint density at radius 1 is 0.778 bits per heavy atom. The quantitative estimate of drug-likeness (QED) is 0.0376. The zero-order valence-corrected chi connectivity index (χ0v) is 45.0. The first kappa shape index (κ1) is 61.6. The lowest BCUT2D eigenvalue weighted by atomic mass is 9.77. The largest absolute Gasteiger partial charge is 0.453 e. The molecule has 3 aliphatic rings. The normalized spacial score (nSPS) is 18.5. The van der Waals surface area contributed by atoms with Crippen LogP contribution in [0.3, 0.4) is 0 Å². The Kier molecular flexibility index (Phi) is 19.0. The van der Waals surface area contributed by atoms with Crippen molar-refractivity contribution >= 4 is 29.8 Å². The van der Waals surface area contributed by atoms with Gasteiger partial charge in [-0.2, -0.15) is 40.2 Å². The van der Waals surface area contributed by atoms with Crippen molar-refractivity contribution in [2.75, 3.05) is 38.8 Å². The van der Waals surface area contributed by atoms with Crippen molar-refractivity contribution in [3.63, 3.8) is 0 Å². The fraction of sp³-hybridized carbons (Fsp3) is 0.537. The number of hydrogen-bond donors (Lipinski definition) is 4. The van der Waals surface area contributed by atoms with E-state index < -0.39 is 114 Å². The molecule has 4 heterocycles. The molecule has 2 saturated heterocycles. The average molecular weight is 1150 g/mol. The minimum atomic E-state index is -5.22. The van der Waals surface area contributed by atoms with Gasteiger partial charge in [0.25, 0.3) is 5.91 Å². The molecule has 0 radical (unpaired) electrons. The SMILES string of the molecule is COC(=O)N[C@H](C(=O)C[C@@H](Cc1ccc(C#Cc2cnc(N3CC4CCC(C3)N4C3CCC3)nc2)cc1)[C@@H](O)CN(Cc1c(F)cc(-c2ccn(C(F)F)n2)cc1F)NC(=O)[C@@H](NC(=O)OC)C(C)(C)C(F)(F)F)C(C)(C)C(F)(F)F. The highest BCUT2D eigenvalue weighted by atomic mass is 19.4. The van der Waals surface area contributed by atoms with Crippen molar-refractivity contribution in [1.29, 1.82) is 0 Å². The number of anilines is 1. The Hall–Kier alpha value is -7.05. The van der Waals surface area contributed by atoms with E-state index in [1.807, 2.05) is 5.32 Å². The molecule has 7 rings (SSSR count). The van der Waals surface area contributed by atoms with E-state index in [2.05, 4.69) is 51.6 Å². The van der Waals surface area contributed by atoms with E-state index in [0.717, 1.165) is 52.4 Å². The number of benzene rings is 2. The van der Waals surface area contributed by atoms with Gasteiger partial charge in [-0.1, -0.05) is 30.4 Å². The molecule has 1 saturated carbocycles. The number of Topliss-reactive ketones (excluding diaryl/α,β-unsaturated/α-hetero) is 1. The number of rotatable bonds is 20. The van der Waals surface area contributed by atoms with Gasteiger partial charge < -0.3 is 30.1 Å². The number of hydrazine groups is 1. The van der Waals surface area contributed by atoms with Crippen LogP contribution in [0.5, 0.6) is 0 Å². The summed E-state index contributed by atoms with van der Waals surface area (Å²) in [4.78, 5) is 67.1. The van der Waals surface area contributed by atoms with E-state index >= 15 is 8.78 Å². The molecule has 2 aromatic carbocycles. The molecule has 1 aliphatic carbocycles. The average Bonchev–Trinajstić information content (AvgIpc) is 3.98. The predicted molar refractivity (Wildman–Crippen MR) is 271 cm³/mol. The van der Waals surface area contributed by atoms with Crippen molar-refractivity contribution in [3.8, 4) is 23.1 Å². The Bertz CT molecular complexity index is 2910. The minimum absolute atomic E-state index is 0.205. The van der Waals surface area contributed by atoms with Crippen LogP contribution in [0.25, 0.3) is 11.3 Å². The summed E-state index contributed by atoms with van der Waals surface area (Å²) in [5, 5.41) is 20.0. The number of aromatic nitrogens is 4. The molecule has 3 amide bonds. The molecule has 4 aromatic rings. The number of alkyl carbamates (subject to hydrolysis) is 2. The first-order valence-electron chi connectivity index (χ1n) is 25.9. The van der Waals surface area contributed by atoms with Crippen molar-refractivity contribution in [1.82, 2.24) is 45.7 Å². The molecular weight excluding hydrogens is 1090 g/mol. The van der Waals surface area contributed by atoms with E-state index in [9.17, 15) is 59.4 Å². The highest BCUT2D eigenvalue weighted by molar-refractivity contribution is 5.89. The van der Waals surface area contributed by atoms with Crippen LogP contribution in [0.15, 0.2) is 61.1 Å². The lowest BCUT2D eigenvalue weighted by molar-refractivity contribution is -0.221. The number of piperazine rings is 1.